The van der Waals surface area contributed by atoms with E-state index in [4.69, 9.17) is 4.98 Å². The van der Waals surface area contributed by atoms with E-state index in [9.17, 15) is 0 Å². The summed E-state index contributed by atoms with van der Waals surface area (Å²) in [5.41, 5.74) is 7.20. The zero-order chi connectivity index (χ0) is 21.3. The van der Waals surface area contributed by atoms with Crippen molar-refractivity contribution in [1.82, 2.24) is 4.98 Å². The van der Waals surface area contributed by atoms with E-state index >= 15 is 0 Å². The van der Waals surface area contributed by atoms with Crippen LogP contribution in [0.15, 0.2) is 36.5 Å². The highest BCUT2D eigenvalue weighted by Crippen LogP contribution is 2.65. The van der Waals surface area contributed by atoms with Gasteiger partial charge in [-0.1, -0.05) is 88.3 Å². The molecule has 0 amide bonds. The molecule has 1 aromatic heterocycles. The van der Waals surface area contributed by atoms with E-state index < -0.39 is 0 Å². The van der Waals surface area contributed by atoms with E-state index in [1.165, 1.54) is 22.3 Å². The summed E-state index contributed by atoms with van der Waals surface area (Å²) in [6.07, 6.45) is 1.96. The van der Waals surface area contributed by atoms with E-state index in [-0.39, 0.29) is 27.1 Å². The minimum atomic E-state index is 0.0685. The summed E-state index contributed by atoms with van der Waals surface area (Å²) in [4.78, 5) is 4.72. The molecule has 0 fully saturated rings. The molecule has 0 aliphatic heterocycles. The van der Waals surface area contributed by atoms with E-state index in [2.05, 4.69) is 106 Å². The Kier molecular flexibility index (Phi) is 4.47. The first-order valence-electron chi connectivity index (χ1n) is 10.7. The second-order valence-corrected chi connectivity index (χ2v) is 11.9. The molecule has 0 radical (unpaired) electrons. The second-order valence-electron chi connectivity index (χ2n) is 11.9. The maximum absolute atomic E-state index is 4.72. The number of aromatic nitrogens is 1. The SMILES string of the molecule is CC(C)(C)c1ccnc(-c2ccc3c(c2)C(C)(C)C(C)(C)C(C)(C)C3(C)C)c1. The van der Waals surface area contributed by atoms with Gasteiger partial charge in [-0.3, -0.25) is 4.98 Å². The molecular weight excluding hydrogens is 338 g/mol. The van der Waals surface area contributed by atoms with Crippen molar-refractivity contribution < 1.29 is 0 Å². The lowest BCUT2D eigenvalue weighted by atomic mass is 9.40. The Morgan fingerprint density at radius 3 is 1.75 bits per heavy atom. The maximum atomic E-state index is 4.72. The van der Waals surface area contributed by atoms with Crippen LogP contribution >= 0.6 is 0 Å². The average molecular weight is 378 g/mol. The lowest BCUT2D eigenvalue weighted by Gasteiger charge is -2.64. The van der Waals surface area contributed by atoms with Crippen LogP contribution in [0.1, 0.15) is 92.9 Å². The molecule has 0 saturated heterocycles. The largest absolute Gasteiger partial charge is 0.256 e. The third-order valence-corrected chi connectivity index (χ3v) is 8.98. The fourth-order valence-electron chi connectivity index (χ4n) is 5.06. The molecule has 1 aromatic carbocycles. The van der Waals surface area contributed by atoms with Crippen molar-refractivity contribution in [3.8, 4) is 11.3 Å². The summed E-state index contributed by atoms with van der Waals surface area (Å²) in [6, 6.07) is 11.5. The molecule has 1 aliphatic carbocycles. The molecule has 152 valence electrons. The van der Waals surface area contributed by atoms with Crippen molar-refractivity contribution in [2.75, 3.05) is 0 Å². The molecule has 0 atom stereocenters. The number of nitrogens with zero attached hydrogens (tertiary/aromatic N) is 1. The number of benzene rings is 1. The zero-order valence-corrected chi connectivity index (χ0v) is 19.9. The van der Waals surface area contributed by atoms with Gasteiger partial charge in [-0.2, -0.15) is 0 Å². The van der Waals surface area contributed by atoms with Gasteiger partial charge in [-0.25, -0.2) is 0 Å². The van der Waals surface area contributed by atoms with Gasteiger partial charge in [-0.15, -0.1) is 0 Å². The summed E-state index contributed by atoms with van der Waals surface area (Å²) in [7, 11) is 0. The molecule has 0 N–H and O–H groups in total. The normalized spacial score (nSPS) is 21.8. The fraction of sp³-hybridized carbons (Fsp3) is 0.593. The van der Waals surface area contributed by atoms with Crippen molar-refractivity contribution in [3.63, 3.8) is 0 Å². The van der Waals surface area contributed by atoms with E-state index in [0.717, 1.165) is 5.69 Å². The highest BCUT2D eigenvalue weighted by atomic mass is 14.7. The number of hydrogen-bond acceptors (Lipinski definition) is 1. The van der Waals surface area contributed by atoms with Gasteiger partial charge in [0.25, 0.3) is 0 Å². The average Bonchev–Trinajstić information content (AvgIpc) is 2.59. The topological polar surface area (TPSA) is 12.9 Å². The Hall–Kier alpha value is -1.63. The molecule has 3 rings (SSSR count). The molecule has 2 aromatic rings. The van der Waals surface area contributed by atoms with Gasteiger partial charge in [0.15, 0.2) is 0 Å². The van der Waals surface area contributed by atoms with Crippen LogP contribution in [0, 0.1) is 10.8 Å². The monoisotopic (exact) mass is 377 g/mol. The minimum absolute atomic E-state index is 0.0685. The Bertz CT molecular complexity index is 904. The van der Waals surface area contributed by atoms with E-state index in [1.807, 2.05) is 6.20 Å². The number of hydrogen-bond donors (Lipinski definition) is 0. The van der Waals surface area contributed by atoms with Crippen molar-refractivity contribution in [2.45, 2.75) is 92.4 Å². The third-order valence-electron chi connectivity index (χ3n) is 8.98. The van der Waals surface area contributed by atoms with Crippen LogP contribution in [0.25, 0.3) is 11.3 Å². The summed E-state index contributed by atoms with van der Waals surface area (Å²) in [5.74, 6) is 0. The van der Waals surface area contributed by atoms with Gasteiger partial charge in [0, 0.05) is 11.8 Å². The minimum Gasteiger partial charge on any atom is -0.256 e. The van der Waals surface area contributed by atoms with Gasteiger partial charge >= 0.3 is 0 Å². The maximum Gasteiger partial charge on any atom is 0.0704 e. The van der Waals surface area contributed by atoms with E-state index in [0.29, 0.717) is 0 Å². The molecule has 0 bridgehead atoms. The lowest BCUT2D eigenvalue weighted by molar-refractivity contribution is -0.0441. The van der Waals surface area contributed by atoms with Gasteiger partial charge < -0.3 is 0 Å². The Morgan fingerprint density at radius 2 is 1.21 bits per heavy atom. The number of rotatable bonds is 1. The summed E-state index contributed by atoms with van der Waals surface area (Å²) in [6.45, 7) is 26.2. The first kappa shape index (κ1) is 21.1. The summed E-state index contributed by atoms with van der Waals surface area (Å²) >= 11 is 0. The molecular formula is C27H39N. The van der Waals surface area contributed by atoms with Crippen LogP contribution in [0.2, 0.25) is 0 Å². The smallest absolute Gasteiger partial charge is 0.0704 e. The third kappa shape index (κ3) is 2.69. The molecule has 1 nitrogen and oxygen atoms in total. The fourth-order valence-corrected chi connectivity index (χ4v) is 5.06. The van der Waals surface area contributed by atoms with Gasteiger partial charge in [0.1, 0.15) is 0 Å². The molecule has 1 heterocycles. The van der Waals surface area contributed by atoms with Gasteiger partial charge in [0.2, 0.25) is 0 Å². The Morgan fingerprint density at radius 1 is 0.679 bits per heavy atom. The molecule has 1 aliphatic rings. The molecule has 0 unspecified atom stereocenters. The van der Waals surface area contributed by atoms with Gasteiger partial charge in [0.05, 0.1) is 5.69 Å². The zero-order valence-electron chi connectivity index (χ0n) is 19.9. The van der Waals surface area contributed by atoms with Crippen LogP contribution < -0.4 is 0 Å². The van der Waals surface area contributed by atoms with Crippen LogP contribution in [0.3, 0.4) is 0 Å². The van der Waals surface area contributed by atoms with Crippen LogP contribution in [-0.2, 0) is 16.2 Å². The molecule has 1 heteroatoms. The van der Waals surface area contributed by atoms with Crippen molar-refractivity contribution in [2.24, 2.45) is 10.8 Å². The quantitative estimate of drug-likeness (QED) is 0.497. The predicted octanol–water partition coefficient (Wildman–Crippen LogP) is 7.67. The molecule has 0 saturated carbocycles. The van der Waals surface area contributed by atoms with Crippen LogP contribution in [0.4, 0.5) is 0 Å². The van der Waals surface area contributed by atoms with Gasteiger partial charge in [-0.05, 0) is 62.0 Å². The van der Waals surface area contributed by atoms with Crippen molar-refractivity contribution in [3.05, 3.63) is 53.2 Å². The van der Waals surface area contributed by atoms with Crippen LogP contribution in [-0.4, -0.2) is 4.98 Å². The molecule has 0 spiro atoms. The predicted molar refractivity (Wildman–Crippen MR) is 122 cm³/mol. The molecule has 28 heavy (non-hydrogen) atoms. The number of pyridine rings is 1. The number of fused-ring (bicyclic) bond motifs is 1. The highest BCUT2D eigenvalue weighted by molar-refractivity contribution is 5.64. The highest BCUT2D eigenvalue weighted by Gasteiger charge is 2.60. The standard InChI is InChI=1S/C27H39N/c1-23(2,3)19-14-15-28-22(17-19)18-12-13-20-21(16-18)25(6,7)27(10,11)26(8,9)24(20,4)5/h12-17H,1-11H3. The first-order chi connectivity index (χ1) is 12.5. The first-order valence-corrected chi connectivity index (χ1v) is 10.7. The summed E-state index contributed by atoms with van der Waals surface area (Å²) in [5, 5.41) is 0. The summed E-state index contributed by atoms with van der Waals surface area (Å²) < 4.78 is 0. The van der Waals surface area contributed by atoms with Crippen molar-refractivity contribution >= 4 is 0 Å². The second kappa shape index (κ2) is 5.94. The van der Waals surface area contributed by atoms with Crippen LogP contribution in [0.5, 0.6) is 0 Å². The Balaban J connectivity index is 2.24. The Labute approximate surface area is 173 Å². The lowest BCUT2D eigenvalue weighted by Crippen LogP contribution is -2.59. The van der Waals surface area contributed by atoms with E-state index in [1.54, 1.807) is 0 Å². The van der Waals surface area contributed by atoms with Crippen molar-refractivity contribution in [1.29, 1.82) is 0 Å².